The Morgan fingerprint density at radius 3 is 2.60 bits per heavy atom. The van der Waals surface area contributed by atoms with Gasteiger partial charge in [0.15, 0.2) is 17.7 Å². The Labute approximate surface area is 208 Å². The number of likely N-dealkylation sites (tertiary alicyclic amines) is 1. The van der Waals surface area contributed by atoms with Crippen LogP contribution in [-0.2, 0) is 5.41 Å². The zero-order valence-electron chi connectivity index (χ0n) is 19.0. The first kappa shape index (κ1) is 24.3. The number of nitrogens with one attached hydrogen (secondary N) is 2. The maximum atomic E-state index is 12.8. The minimum absolute atomic E-state index is 0.0834. The fourth-order valence-corrected chi connectivity index (χ4v) is 4.50. The molecule has 4 rings (SSSR count). The molecule has 3 aromatic rings. The molecule has 1 saturated heterocycles. The number of carbonyl (C=O) groups excluding carboxylic acids is 1. The second-order valence-corrected chi connectivity index (χ2v) is 8.78. The minimum atomic E-state index is -0.603. The third-order valence-electron chi connectivity index (χ3n) is 6.23. The maximum Gasteiger partial charge on any atom is 0.273 e. The normalized spacial score (nSPS) is 16.0. The first-order valence-electron chi connectivity index (χ1n) is 11.2. The van der Waals surface area contributed by atoms with Gasteiger partial charge in [-0.25, -0.2) is 9.97 Å². The van der Waals surface area contributed by atoms with E-state index in [1.807, 2.05) is 60.8 Å². The fourth-order valence-electron chi connectivity index (χ4n) is 4.31. The number of nitrogen functional groups attached to an aromatic ring is 1. The summed E-state index contributed by atoms with van der Waals surface area (Å²) in [6.45, 7) is 1.62. The number of nitrogens with two attached hydrogens (primary N) is 1. The van der Waals surface area contributed by atoms with Crippen LogP contribution in [0.2, 0.25) is 5.02 Å². The summed E-state index contributed by atoms with van der Waals surface area (Å²) in [6, 6.07) is 17.1. The molecule has 1 aromatic heterocycles. The van der Waals surface area contributed by atoms with Crippen LogP contribution in [0.25, 0.3) is 0 Å². The Bertz CT molecular complexity index is 1190. The van der Waals surface area contributed by atoms with E-state index >= 15 is 0 Å². The van der Waals surface area contributed by atoms with Crippen LogP contribution in [0.1, 0.15) is 28.9 Å². The van der Waals surface area contributed by atoms with Gasteiger partial charge < -0.3 is 15.8 Å². The second-order valence-electron chi connectivity index (χ2n) is 8.34. The number of piperidine rings is 1. The predicted octanol–water partition coefficient (Wildman–Crippen LogP) is 2.91. The lowest BCUT2D eigenvalue weighted by atomic mass is 9.72. The van der Waals surface area contributed by atoms with Crippen LogP contribution >= 0.6 is 11.6 Å². The number of anilines is 1. The first-order valence-corrected chi connectivity index (χ1v) is 11.6. The van der Waals surface area contributed by atoms with Gasteiger partial charge in [0.05, 0.1) is 0 Å². The second kappa shape index (κ2) is 11.0. The van der Waals surface area contributed by atoms with Crippen LogP contribution in [0.15, 0.2) is 67.0 Å². The van der Waals surface area contributed by atoms with Gasteiger partial charge in [0.25, 0.3) is 5.91 Å². The standard InChI is InChI=1S/C25H26ClN7O2/c26-19-6-4-5-18(15-19)25(16-31-23(34)21-22(28)30-12-11-29-21)9-13-33(14-10-25)24(32-17-27)35-20-7-2-1-3-8-20/h1-8,11-12,15,24,32H,9-10,13-14,16H2,(H2,28,30)(H,31,34). The van der Waals surface area contributed by atoms with Gasteiger partial charge in [-0.05, 0) is 42.7 Å². The molecule has 0 spiro atoms. The van der Waals surface area contributed by atoms with E-state index in [0.717, 1.165) is 5.56 Å². The molecule has 10 heteroatoms. The Morgan fingerprint density at radius 2 is 1.91 bits per heavy atom. The van der Waals surface area contributed by atoms with E-state index < -0.39 is 6.35 Å². The molecule has 1 amide bonds. The van der Waals surface area contributed by atoms with Crippen molar-refractivity contribution >= 4 is 23.3 Å². The zero-order valence-corrected chi connectivity index (χ0v) is 19.8. The van der Waals surface area contributed by atoms with E-state index in [2.05, 4.69) is 25.5 Å². The molecule has 0 aliphatic carbocycles. The van der Waals surface area contributed by atoms with Crippen LogP contribution in [0.5, 0.6) is 5.75 Å². The summed E-state index contributed by atoms with van der Waals surface area (Å²) < 4.78 is 6.03. The lowest BCUT2D eigenvalue weighted by Gasteiger charge is -2.44. The summed E-state index contributed by atoms with van der Waals surface area (Å²) in [5, 5.41) is 15.7. The molecule has 1 unspecified atom stereocenters. The number of rotatable bonds is 8. The van der Waals surface area contributed by atoms with Gasteiger partial charge >= 0.3 is 0 Å². The van der Waals surface area contributed by atoms with Crippen LogP contribution < -0.4 is 21.1 Å². The van der Waals surface area contributed by atoms with Crippen LogP contribution in [0.4, 0.5) is 5.82 Å². The Balaban J connectivity index is 1.52. The Morgan fingerprint density at radius 1 is 1.17 bits per heavy atom. The molecule has 0 saturated carbocycles. The van der Waals surface area contributed by atoms with Gasteiger partial charge in [0, 0.05) is 42.5 Å². The number of nitriles is 1. The fraction of sp³-hybridized carbons (Fsp3) is 0.280. The van der Waals surface area contributed by atoms with Crippen molar-refractivity contribution < 1.29 is 9.53 Å². The number of nitrogens with zero attached hydrogens (tertiary/aromatic N) is 4. The van der Waals surface area contributed by atoms with Gasteiger partial charge in [0.2, 0.25) is 6.35 Å². The Kier molecular flexibility index (Phi) is 7.65. The molecule has 35 heavy (non-hydrogen) atoms. The molecule has 0 radical (unpaired) electrons. The lowest BCUT2D eigenvalue weighted by Crippen LogP contribution is -2.55. The molecule has 1 fully saturated rings. The number of hydrogen-bond acceptors (Lipinski definition) is 8. The van der Waals surface area contributed by atoms with E-state index in [-0.39, 0.29) is 22.8 Å². The van der Waals surface area contributed by atoms with Crippen molar-refractivity contribution in [3.05, 3.63) is 83.3 Å². The van der Waals surface area contributed by atoms with Crippen molar-refractivity contribution in [1.82, 2.24) is 25.5 Å². The SMILES string of the molecule is N#CNC(Oc1ccccc1)N1CCC(CNC(=O)c2nccnc2N)(c2cccc(Cl)c2)CC1. The number of amides is 1. The Hall–Kier alpha value is -3.87. The number of ether oxygens (including phenoxy) is 1. The highest BCUT2D eigenvalue weighted by atomic mass is 35.5. The number of para-hydroxylation sites is 1. The van der Waals surface area contributed by atoms with Gasteiger partial charge in [-0.1, -0.05) is 41.9 Å². The van der Waals surface area contributed by atoms with Gasteiger partial charge in [-0.3, -0.25) is 15.0 Å². The molecule has 9 nitrogen and oxygen atoms in total. The molecular weight excluding hydrogens is 466 g/mol. The predicted molar refractivity (Wildman–Crippen MR) is 132 cm³/mol. The number of carbonyl (C=O) groups is 1. The summed E-state index contributed by atoms with van der Waals surface area (Å²) in [4.78, 5) is 22.9. The number of hydrogen-bond donors (Lipinski definition) is 3. The first-order chi connectivity index (χ1) is 17.0. The number of aromatic nitrogens is 2. The van der Waals surface area contributed by atoms with Crippen molar-refractivity contribution in [3.8, 4) is 11.9 Å². The molecular formula is C25H26ClN7O2. The third kappa shape index (κ3) is 5.80. The highest BCUT2D eigenvalue weighted by Crippen LogP contribution is 2.37. The quantitative estimate of drug-likeness (QED) is 0.249. The van der Waals surface area contributed by atoms with Crippen molar-refractivity contribution in [2.24, 2.45) is 0 Å². The third-order valence-corrected chi connectivity index (χ3v) is 6.47. The smallest absolute Gasteiger partial charge is 0.273 e. The highest BCUT2D eigenvalue weighted by Gasteiger charge is 2.39. The summed E-state index contributed by atoms with van der Waals surface area (Å²) in [5.74, 6) is 0.372. The summed E-state index contributed by atoms with van der Waals surface area (Å²) in [7, 11) is 0. The molecule has 4 N–H and O–H groups in total. The van der Waals surface area contributed by atoms with E-state index in [1.165, 1.54) is 12.4 Å². The van der Waals surface area contributed by atoms with Crippen molar-refractivity contribution in [2.45, 2.75) is 24.6 Å². The van der Waals surface area contributed by atoms with E-state index in [1.54, 1.807) is 0 Å². The van der Waals surface area contributed by atoms with Crippen molar-refractivity contribution in [1.29, 1.82) is 5.26 Å². The zero-order chi connectivity index (χ0) is 24.7. The summed E-state index contributed by atoms with van der Waals surface area (Å²) in [5.41, 5.74) is 6.59. The number of halogens is 1. The molecule has 1 atom stereocenters. The minimum Gasteiger partial charge on any atom is -0.457 e. The highest BCUT2D eigenvalue weighted by molar-refractivity contribution is 6.30. The lowest BCUT2D eigenvalue weighted by molar-refractivity contribution is -0.0156. The van der Waals surface area contributed by atoms with Gasteiger partial charge in [0.1, 0.15) is 5.75 Å². The molecule has 0 bridgehead atoms. The van der Waals surface area contributed by atoms with E-state index in [0.29, 0.717) is 43.2 Å². The topological polar surface area (TPSA) is 129 Å². The molecule has 1 aliphatic rings. The van der Waals surface area contributed by atoms with Crippen molar-refractivity contribution in [2.75, 3.05) is 25.4 Å². The van der Waals surface area contributed by atoms with Crippen LogP contribution in [-0.4, -0.2) is 46.8 Å². The van der Waals surface area contributed by atoms with E-state index in [4.69, 9.17) is 22.1 Å². The van der Waals surface area contributed by atoms with Crippen LogP contribution in [0.3, 0.4) is 0 Å². The molecule has 2 heterocycles. The molecule has 180 valence electrons. The molecule has 2 aromatic carbocycles. The van der Waals surface area contributed by atoms with Gasteiger partial charge in [-0.2, -0.15) is 5.26 Å². The van der Waals surface area contributed by atoms with E-state index in [9.17, 15) is 10.1 Å². The van der Waals surface area contributed by atoms with Crippen LogP contribution in [0, 0.1) is 11.5 Å². The average Bonchev–Trinajstić information content (AvgIpc) is 2.88. The maximum absolute atomic E-state index is 12.8. The largest absolute Gasteiger partial charge is 0.457 e. The van der Waals surface area contributed by atoms with Gasteiger partial charge in [-0.15, -0.1) is 0 Å². The number of benzene rings is 2. The monoisotopic (exact) mass is 491 g/mol. The summed E-state index contributed by atoms with van der Waals surface area (Å²) in [6.07, 6.45) is 5.67. The summed E-state index contributed by atoms with van der Waals surface area (Å²) >= 11 is 6.32. The molecule has 1 aliphatic heterocycles. The van der Waals surface area contributed by atoms with Crippen molar-refractivity contribution in [3.63, 3.8) is 0 Å². The average molecular weight is 492 g/mol.